The van der Waals surface area contributed by atoms with Crippen molar-refractivity contribution in [1.82, 2.24) is 0 Å². The number of carbonyl (C=O) groups excluding carboxylic acids is 2. The molecule has 7 heteroatoms. The molecule has 0 saturated heterocycles. The Balaban J connectivity index is 1.80. The summed E-state index contributed by atoms with van der Waals surface area (Å²) >= 11 is 11.8. The van der Waals surface area contributed by atoms with Crippen molar-refractivity contribution in [3.05, 3.63) is 58.1 Å². The summed E-state index contributed by atoms with van der Waals surface area (Å²) in [6.07, 6.45) is -0.859. The van der Waals surface area contributed by atoms with Gasteiger partial charge in [-0.15, -0.1) is 0 Å². The van der Waals surface area contributed by atoms with E-state index in [1.807, 2.05) is 6.92 Å². The van der Waals surface area contributed by atoms with Gasteiger partial charge in [0.15, 0.2) is 12.7 Å². The van der Waals surface area contributed by atoms with Crippen LogP contribution in [0.5, 0.6) is 5.75 Å². The van der Waals surface area contributed by atoms with Gasteiger partial charge in [-0.3, -0.25) is 4.79 Å². The molecule has 1 unspecified atom stereocenters. The molecule has 0 aliphatic heterocycles. The molecule has 1 N–H and O–H groups in total. The summed E-state index contributed by atoms with van der Waals surface area (Å²) in [5.74, 6) is -0.633. The standard InChI is InChI=1S/C18H17Cl2NO4/c1-11-3-6-14(9-16(11)20)21-17(22)10-24-18(23)12(2)25-15-7-4-13(19)5-8-15/h3-9,12H,10H2,1-2H3,(H,21,22). The second kappa shape index (κ2) is 8.74. The van der Waals surface area contributed by atoms with Gasteiger partial charge >= 0.3 is 5.97 Å². The maximum absolute atomic E-state index is 11.9. The Kier molecular flexibility index (Phi) is 6.67. The fraction of sp³-hybridized carbons (Fsp3) is 0.222. The summed E-state index contributed by atoms with van der Waals surface area (Å²) in [7, 11) is 0. The van der Waals surface area contributed by atoms with E-state index in [1.54, 1.807) is 42.5 Å². The van der Waals surface area contributed by atoms with E-state index < -0.39 is 24.6 Å². The van der Waals surface area contributed by atoms with Crippen LogP contribution in [0.4, 0.5) is 5.69 Å². The van der Waals surface area contributed by atoms with Crippen LogP contribution in [0.15, 0.2) is 42.5 Å². The molecule has 0 saturated carbocycles. The van der Waals surface area contributed by atoms with Crippen LogP contribution in [-0.4, -0.2) is 24.6 Å². The Bertz CT molecular complexity index is 762. The normalized spacial score (nSPS) is 11.5. The molecule has 132 valence electrons. The number of hydrogen-bond donors (Lipinski definition) is 1. The van der Waals surface area contributed by atoms with Gasteiger partial charge in [0.05, 0.1) is 0 Å². The van der Waals surface area contributed by atoms with Gasteiger partial charge in [-0.25, -0.2) is 4.79 Å². The van der Waals surface area contributed by atoms with Crippen molar-refractivity contribution < 1.29 is 19.1 Å². The number of anilines is 1. The zero-order chi connectivity index (χ0) is 18.4. The monoisotopic (exact) mass is 381 g/mol. The Morgan fingerprint density at radius 3 is 2.44 bits per heavy atom. The van der Waals surface area contributed by atoms with Crippen LogP contribution < -0.4 is 10.1 Å². The number of rotatable bonds is 6. The molecule has 1 atom stereocenters. The van der Waals surface area contributed by atoms with E-state index in [0.29, 0.717) is 21.5 Å². The number of esters is 1. The molecule has 0 bridgehead atoms. The van der Waals surface area contributed by atoms with Crippen molar-refractivity contribution in [3.63, 3.8) is 0 Å². The summed E-state index contributed by atoms with van der Waals surface area (Å²) < 4.78 is 10.4. The van der Waals surface area contributed by atoms with Crippen LogP contribution in [0.3, 0.4) is 0 Å². The third kappa shape index (κ3) is 5.96. The number of carbonyl (C=O) groups is 2. The Labute approximate surface area is 155 Å². The molecular weight excluding hydrogens is 365 g/mol. The Hall–Kier alpha value is -2.24. The lowest BCUT2D eigenvalue weighted by Gasteiger charge is -2.14. The number of aryl methyl sites for hydroxylation is 1. The third-order valence-electron chi connectivity index (χ3n) is 3.26. The molecule has 0 heterocycles. The molecule has 2 aromatic carbocycles. The first-order valence-corrected chi connectivity index (χ1v) is 8.25. The highest BCUT2D eigenvalue weighted by Crippen LogP contribution is 2.20. The predicted molar refractivity (Wildman–Crippen MR) is 97.3 cm³/mol. The first-order chi connectivity index (χ1) is 11.8. The van der Waals surface area contributed by atoms with Crippen LogP contribution in [0.25, 0.3) is 0 Å². The first-order valence-electron chi connectivity index (χ1n) is 7.50. The minimum absolute atomic E-state index is 0.418. The van der Waals surface area contributed by atoms with Crippen molar-refractivity contribution in [2.24, 2.45) is 0 Å². The quantitative estimate of drug-likeness (QED) is 0.759. The van der Waals surface area contributed by atoms with E-state index in [1.165, 1.54) is 6.92 Å². The highest BCUT2D eigenvalue weighted by atomic mass is 35.5. The SMILES string of the molecule is Cc1ccc(NC(=O)COC(=O)C(C)Oc2ccc(Cl)cc2)cc1Cl. The molecule has 5 nitrogen and oxygen atoms in total. The maximum Gasteiger partial charge on any atom is 0.347 e. The number of amides is 1. The number of nitrogens with one attached hydrogen (secondary N) is 1. The summed E-state index contributed by atoms with van der Waals surface area (Å²) in [6, 6.07) is 11.7. The molecular formula is C18H17Cl2NO4. The van der Waals surface area contributed by atoms with Crippen LogP contribution in [-0.2, 0) is 14.3 Å². The van der Waals surface area contributed by atoms with Gasteiger partial charge in [0.2, 0.25) is 0 Å². The van der Waals surface area contributed by atoms with Gasteiger partial charge in [-0.05, 0) is 55.8 Å². The molecule has 0 fully saturated rings. The zero-order valence-corrected chi connectivity index (χ0v) is 15.2. The van der Waals surface area contributed by atoms with E-state index in [9.17, 15) is 9.59 Å². The third-order valence-corrected chi connectivity index (χ3v) is 3.92. The number of halogens is 2. The number of ether oxygens (including phenoxy) is 2. The van der Waals surface area contributed by atoms with E-state index in [-0.39, 0.29) is 0 Å². The van der Waals surface area contributed by atoms with Gasteiger partial charge in [0.25, 0.3) is 5.91 Å². The van der Waals surface area contributed by atoms with Crippen molar-refractivity contribution in [2.75, 3.05) is 11.9 Å². The summed E-state index contributed by atoms with van der Waals surface area (Å²) in [5, 5.41) is 3.71. The van der Waals surface area contributed by atoms with E-state index in [0.717, 1.165) is 5.56 Å². The van der Waals surface area contributed by atoms with Crippen molar-refractivity contribution in [1.29, 1.82) is 0 Å². The summed E-state index contributed by atoms with van der Waals surface area (Å²) in [4.78, 5) is 23.7. The lowest BCUT2D eigenvalue weighted by atomic mass is 10.2. The minimum Gasteiger partial charge on any atom is -0.479 e. The molecule has 0 radical (unpaired) electrons. The molecule has 1 amide bonds. The summed E-state index contributed by atoms with van der Waals surface area (Å²) in [5.41, 5.74) is 1.43. The van der Waals surface area contributed by atoms with Crippen LogP contribution >= 0.6 is 23.2 Å². The van der Waals surface area contributed by atoms with E-state index in [2.05, 4.69) is 5.32 Å². The lowest BCUT2D eigenvalue weighted by Crippen LogP contribution is -2.29. The molecule has 2 aromatic rings. The highest BCUT2D eigenvalue weighted by molar-refractivity contribution is 6.31. The molecule has 0 aromatic heterocycles. The van der Waals surface area contributed by atoms with Gasteiger partial charge in [0, 0.05) is 15.7 Å². The molecule has 25 heavy (non-hydrogen) atoms. The van der Waals surface area contributed by atoms with Gasteiger partial charge in [-0.2, -0.15) is 0 Å². The Morgan fingerprint density at radius 2 is 1.80 bits per heavy atom. The van der Waals surface area contributed by atoms with E-state index >= 15 is 0 Å². The highest BCUT2D eigenvalue weighted by Gasteiger charge is 2.18. The smallest absolute Gasteiger partial charge is 0.347 e. The number of benzene rings is 2. The fourth-order valence-corrected chi connectivity index (χ4v) is 2.19. The topological polar surface area (TPSA) is 64.6 Å². The zero-order valence-electron chi connectivity index (χ0n) is 13.7. The largest absolute Gasteiger partial charge is 0.479 e. The average molecular weight is 382 g/mol. The number of hydrogen-bond acceptors (Lipinski definition) is 4. The lowest BCUT2D eigenvalue weighted by molar-refractivity contribution is -0.153. The molecule has 2 rings (SSSR count). The fourth-order valence-electron chi connectivity index (χ4n) is 1.89. The summed E-state index contributed by atoms with van der Waals surface area (Å²) in [6.45, 7) is 2.98. The van der Waals surface area contributed by atoms with Gasteiger partial charge in [-0.1, -0.05) is 29.3 Å². The van der Waals surface area contributed by atoms with Crippen LogP contribution in [0.1, 0.15) is 12.5 Å². The van der Waals surface area contributed by atoms with Crippen molar-refractivity contribution in [3.8, 4) is 5.75 Å². The predicted octanol–water partition coefficient (Wildman–Crippen LogP) is 4.25. The van der Waals surface area contributed by atoms with Gasteiger partial charge < -0.3 is 14.8 Å². The van der Waals surface area contributed by atoms with Crippen molar-refractivity contribution in [2.45, 2.75) is 20.0 Å². The second-order valence-corrected chi connectivity index (χ2v) is 6.18. The Morgan fingerprint density at radius 1 is 1.12 bits per heavy atom. The van der Waals surface area contributed by atoms with Crippen molar-refractivity contribution >= 4 is 40.8 Å². The first kappa shape index (κ1) is 19.1. The molecule has 0 aliphatic carbocycles. The van der Waals surface area contributed by atoms with Gasteiger partial charge in [0.1, 0.15) is 5.75 Å². The molecule has 0 spiro atoms. The van der Waals surface area contributed by atoms with Crippen LogP contribution in [0, 0.1) is 6.92 Å². The van der Waals surface area contributed by atoms with E-state index in [4.69, 9.17) is 32.7 Å². The average Bonchev–Trinajstić information content (AvgIpc) is 2.58. The maximum atomic E-state index is 11.9. The van der Waals surface area contributed by atoms with Crippen LogP contribution in [0.2, 0.25) is 10.0 Å². The minimum atomic E-state index is -0.859. The molecule has 0 aliphatic rings. The second-order valence-electron chi connectivity index (χ2n) is 5.33.